The van der Waals surface area contributed by atoms with Gasteiger partial charge in [0.1, 0.15) is 11.3 Å². The molecule has 1 saturated heterocycles. The van der Waals surface area contributed by atoms with Crippen LogP contribution in [0.25, 0.3) is 22.6 Å². The van der Waals surface area contributed by atoms with E-state index in [4.69, 9.17) is 0 Å². The van der Waals surface area contributed by atoms with E-state index in [9.17, 15) is 9.59 Å². The molecule has 1 fully saturated rings. The molecular weight excluding hydrogens is 370 g/mol. The number of hydrogen-bond acceptors (Lipinski definition) is 5. The highest BCUT2D eigenvalue weighted by molar-refractivity contribution is 5.76. The number of fused-ring (bicyclic) bond motifs is 1. The van der Waals surface area contributed by atoms with Gasteiger partial charge in [-0.3, -0.25) is 19.4 Å². The summed E-state index contributed by atoms with van der Waals surface area (Å²) in [5, 5.41) is 10.5. The van der Waals surface area contributed by atoms with Crippen LogP contribution in [0.3, 0.4) is 0 Å². The first-order valence-corrected chi connectivity index (χ1v) is 9.73. The number of aromatic amines is 3. The molecule has 0 atom stereocenters. The van der Waals surface area contributed by atoms with Crippen molar-refractivity contribution < 1.29 is 0 Å². The summed E-state index contributed by atoms with van der Waals surface area (Å²) in [6.45, 7) is 1.66. The van der Waals surface area contributed by atoms with Gasteiger partial charge in [0.05, 0.1) is 11.3 Å². The van der Waals surface area contributed by atoms with Gasteiger partial charge < -0.3 is 10.3 Å². The number of hydrogen-bond donors (Lipinski definition) is 4. The third kappa shape index (κ3) is 3.19. The van der Waals surface area contributed by atoms with E-state index in [0.717, 1.165) is 42.8 Å². The average Bonchev–Trinajstić information content (AvgIpc) is 3.37. The van der Waals surface area contributed by atoms with E-state index < -0.39 is 11.2 Å². The monoisotopic (exact) mass is 391 g/mol. The Kier molecular flexibility index (Phi) is 4.36. The van der Waals surface area contributed by atoms with Gasteiger partial charge in [-0.05, 0) is 31.5 Å². The summed E-state index contributed by atoms with van der Waals surface area (Å²) < 4.78 is 1.62. The fourth-order valence-corrected chi connectivity index (χ4v) is 3.99. The fraction of sp³-hybridized carbons (Fsp3) is 0.300. The predicted molar refractivity (Wildman–Crippen MR) is 109 cm³/mol. The molecule has 0 spiro atoms. The zero-order chi connectivity index (χ0) is 19.8. The minimum Gasteiger partial charge on any atom is -0.332 e. The maximum Gasteiger partial charge on any atom is 0.330 e. The van der Waals surface area contributed by atoms with Gasteiger partial charge in [-0.2, -0.15) is 5.10 Å². The topological polar surface area (TPSA) is 124 Å². The SMILES string of the molecule is O=c1[nH]c(=O)n(C2CCNCC2)c2nc(-c3c[nH]nc3Cc3ccccc3)[nH]c12. The van der Waals surface area contributed by atoms with Crippen LogP contribution in [0.1, 0.15) is 30.1 Å². The van der Waals surface area contributed by atoms with Crippen molar-refractivity contribution in [1.82, 2.24) is 35.0 Å². The van der Waals surface area contributed by atoms with Gasteiger partial charge in [0.25, 0.3) is 5.56 Å². The molecule has 3 aromatic heterocycles. The highest BCUT2D eigenvalue weighted by Crippen LogP contribution is 2.25. The molecular formula is C20H21N7O2. The number of imidazole rings is 1. The highest BCUT2D eigenvalue weighted by atomic mass is 16.2. The Balaban J connectivity index is 1.61. The standard InChI is InChI=1S/C20H21N7O2/c28-19-16-18(27(20(29)25-19)13-6-8-21-9-7-13)24-17(23-16)14-11-22-26-15(14)10-12-4-2-1-3-5-12/h1-5,11,13,21H,6-10H2,(H,22,26)(H,23,24)(H,25,28,29). The van der Waals surface area contributed by atoms with Crippen LogP contribution in [-0.2, 0) is 6.42 Å². The van der Waals surface area contributed by atoms with E-state index >= 15 is 0 Å². The first-order valence-electron chi connectivity index (χ1n) is 9.73. The van der Waals surface area contributed by atoms with E-state index in [0.29, 0.717) is 23.4 Å². The van der Waals surface area contributed by atoms with Crippen molar-refractivity contribution in [3.05, 3.63) is 68.6 Å². The Bertz CT molecular complexity index is 1260. The van der Waals surface area contributed by atoms with Crippen LogP contribution >= 0.6 is 0 Å². The molecule has 0 amide bonds. The molecule has 4 N–H and O–H groups in total. The van der Waals surface area contributed by atoms with Gasteiger partial charge in [-0.15, -0.1) is 0 Å². The Morgan fingerprint density at radius 1 is 1.07 bits per heavy atom. The zero-order valence-corrected chi connectivity index (χ0v) is 15.7. The largest absolute Gasteiger partial charge is 0.332 e. The van der Waals surface area contributed by atoms with Gasteiger partial charge >= 0.3 is 5.69 Å². The number of piperidine rings is 1. The molecule has 4 heterocycles. The smallest absolute Gasteiger partial charge is 0.330 e. The predicted octanol–water partition coefficient (Wildman–Crippen LogP) is 1.32. The van der Waals surface area contributed by atoms with Crippen molar-refractivity contribution in [2.45, 2.75) is 25.3 Å². The minimum atomic E-state index is -0.456. The Labute approximate surface area is 165 Å². The van der Waals surface area contributed by atoms with Crippen LogP contribution in [0, 0.1) is 0 Å². The summed E-state index contributed by atoms with van der Waals surface area (Å²) in [6.07, 6.45) is 4.02. The maximum atomic E-state index is 12.6. The van der Waals surface area contributed by atoms with Crippen LogP contribution in [0.4, 0.5) is 0 Å². The van der Waals surface area contributed by atoms with Crippen molar-refractivity contribution in [2.75, 3.05) is 13.1 Å². The van der Waals surface area contributed by atoms with Gasteiger partial charge in [-0.25, -0.2) is 9.78 Å². The highest BCUT2D eigenvalue weighted by Gasteiger charge is 2.23. The zero-order valence-electron chi connectivity index (χ0n) is 15.7. The van der Waals surface area contributed by atoms with Gasteiger partial charge in [0.15, 0.2) is 5.65 Å². The molecule has 0 radical (unpaired) electrons. The Hall–Kier alpha value is -3.46. The fourth-order valence-electron chi connectivity index (χ4n) is 3.99. The van der Waals surface area contributed by atoms with E-state index in [1.807, 2.05) is 30.3 Å². The van der Waals surface area contributed by atoms with Crippen molar-refractivity contribution in [3.63, 3.8) is 0 Å². The van der Waals surface area contributed by atoms with E-state index in [-0.39, 0.29) is 6.04 Å². The summed E-state index contributed by atoms with van der Waals surface area (Å²) in [6, 6.07) is 10.0. The second kappa shape index (κ2) is 7.17. The maximum absolute atomic E-state index is 12.6. The lowest BCUT2D eigenvalue weighted by molar-refractivity contribution is 0.364. The number of H-pyrrole nitrogens is 3. The first-order chi connectivity index (χ1) is 14.2. The number of benzene rings is 1. The number of aromatic nitrogens is 6. The molecule has 0 unspecified atom stereocenters. The Morgan fingerprint density at radius 3 is 2.66 bits per heavy atom. The van der Waals surface area contributed by atoms with Crippen LogP contribution in [0.15, 0.2) is 46.1 Å². The number of rotatable bonds is 4. The molecule has 0 bridgehead atoms. The molecule has 4 aromatic rings. The van der Waals surface area contributed by atoms with Crippen LogP contribution in [0.2, 0.25) is 0 Å². The van der Waals surface area contributed by atoms with Crippen LogP contribution in [-0.4, -0.2) is 42.8 Å². The molecule has 9 nitrogen and oxygen atoms in total. The summed E-state index contributed by atoms with van der Waals surface area (Å²) in [7, 11) is 0. The van der Waals surface area contributed by atoms with Crippen molar-refractivity contribution in [1.29, 1.82) is 0 Å². The van der Waals surface area contributed by atoms with Crippen molar-refractivity contribution in [2.24, 2.45) is 0 Å². The van der Waals surface area contributed by atoms with Crippen molar-refractivity contribution in [3.8, 4) is 11.4 Å². The van der Waals surface area contributed by atoms with Gasteiger partial charge in [0.2, 0.25) is 0 Å². The lowest BCUT2D eigenvalue weighted by atomic mass is 10.1. The quantitative estimate of drug-likeness (QED) is 0.418. The average molecular weight is 391 g/mol. The summed E-state index contributed by atoms with van der Waals surface area (Å²) in [5.41, 5.74) is 2.57. The molecule has 0 saturated carbocycles. The van der Waals surface area contributed by atoms with Gasteiger partial charge in [-0.1, -0.05) is 30.3 Å². The van der Waals surface area contributed by atoms with E-state index in [1.54, 1.807) is 10.8 Å². The van der Waals surface area contributed by atoms with E-state index in [2.05, 4.69) is 30.5 Å². The molecule has 1 aliphatic heterocycles. The summed E-state index contributed by atoms with van der Waals surface area (Å²) >= 11 is 0. The van der Waals surface area contributed by atoms with Gasteiger partial charge in [0, 0.05) is 18.7 Å². The number of nitrogens with one attached hydrogen (secondary N) is 4. The Morgan fingerprint density at radius 2 is 1.86 bits per heavy atom. The molecule has 0 aliphatic carbocycles. The third-order valence-corrected chi connectivity index (χ3v) is 5.44. The third-order valence-electron chi connectivity index (χ3n) is 5.44. The summed E-state index contributed by atoms with van der Waals surface area (Å²) in [5.74, 6) is 0.526. The van der Waals surface area contributed by atoms with Crippen LogP contribution < -0.4 is 16.6 Å². The van der Waals surface area contributed by atoms with E-state index in [1.165, 1.54) is 0 Å². The minimum absolute atomic E-state index is 0.00684. The lowest BCUT2D eigenvalue weighted by Gasteiger charge is -2.24. The normalized spacial score (nSPS) is 15.2. The lowest BCUT2D eigenvalue weighted by Crippen LogP contribution is -2.38. The molecule has 1 aromatic carbocycles. The molecule has 5 rings (SSSR count). The molecule has 1 aliphatic rings. The van der Waals surface area contributed by atoms with Crippen molar-refractivity contribution >= 4 is 11.2 Å². The second-order valence-corrected chi connectivity index (χ2v) is 7.30. The van der Waals surface area contributed by atoms with Crippen LogP contribution in [0.5, 0.6) is 0 Å². The summed E-state index contributed by atoms with van der Waals surface area (Å²) in [4.78, 5) is 35.2. The first kappa shape index (κ1) is 17.6. The molecule has 148 valence electrons. The molecule has 9 heteroatoms. The molecule has 29 heavy (non-hydrogen) atoms. The number of nitrogens with zero attached hydrogens (tertiary/aromatic N) is 3. The second-order valence-electron chi connectivity index (χ2n) is 7.30.